The Morgan fingerprint density at radius 1 is 0.907 bits per heavy atom. The molecule has 0 aliphatic carbocycles. The van der Waals surface area contributed by atoms with Crippen molar-refractivity contribution in [2.45, 2.75) is 0 Å². The maximum Gasteiger partial charge on any atom is 0.345 e. The molecule has 11 heteroatoms. The highest BCUT2D eigenvalue weighted by atomic mass is 16.5. The van der Waals surface area contributed by atoms with Crippen molar-refractivity contribution in [3.05, 3.63) is 113 Å². The fourth-order valence-electron chi connectivity index (χ4n) is 4.80. The van der Waals surface area contributed by atoms with E-state index in [1.807, 2.05) is 42.5 Å². The first-order valence-electron chi connectivity index (χ1n) is 13.6. The lowest BCUT2D eigenvalue weighted by molar-refractivity contribution is -0.148. The lowest BCUT2D eigenvalue weighted by Gasteiger charge is -2.34. The SMILES string of the molecule is O=C(C=Cc1cn(-c2ccccc2)nc1-c1cc2ccccc2oc1=O)OCC(=O)N1CCN(C(=O)c2ccco2)CC1. The van der Waals surface area contributed by atoms with Gasteiger partial charge >= 0.3 is 11.6 Å². The summed E-state index contributed by atoms with van der Waals surface area (Å²) in [6.07, 6.45) is 5.80. The molecule has 0 atom stereocenters. The number of benzene rings is 2. The third-order valence-electron chi connectivity index (χ3n) is 7.05. The van der Waals surface area contributed by atoms with E-state index in [2.05, 4.69) is 5.10 Å². The average Bonchev–Trinajstić information content (AvgIpc) is 3.73. The molecule has 1 aliphatic heterocycles. The molecule has 1 aliphatic rings. The summed E-state index contributed by atoms with van der Waals surface area (Å²) >= 11 is 0. The standard InChI is InChI=1S/C32H26N4O7/c37-28(34-14-16-35(17-15-34)31(39)27-11-6-18-41-27)21-42-29(38)13-12-23-20-36(24-8-2-1-3-9-24)33-30(23)25-19-22-7-4-5-10-26(22)43-32(25)40/h1-13,18-20H,14-17,21H2. The Balaban J connectivity index is 1.14. The van der Waals surface area contributed by atoms with Crippen LogP contribution in [0.25, 0.3) is 34.0 Å². The Hall–Kier alpha value is -5.71. The second-order valence-corrected chi connectivity index (χ2v) is 9.79. The molecule has 0 N–H and O–H groups in total. The maximum absolute atomic E-state index is 12.9. The molecule has 0 unspecified atom stereocenters. The smallest absolute Gasteiger partial charge is 0.345 e. The summed E-state index contributed by atoms with van der Waals surface area (Å²) in [5.74, 6) is -1.08. The fourth-order valence-corrected chi connectivity index (χ4v) is 4.80. The average molecular weight is 579 g/mol. The summed E-state index contributed by atoms with van der Waals surface area (Å²) in [5, 5.41) is 5.35. The summed E-state index contributed by atoms with van der Waals surface area (Å²) < 4.78 is 17.5. The number of esters is 1. The summed E-state index contributed by atoms with van der Waals surface area (Å²) in [6, 6.07) is 21.4. The number of furan rings is 1. The van der Waals surface area contributed by atoms with Crippen LogP contribution in [0.5, 0.6) is 0 Å². The molecule has 43 heavy (non-hydrogen) atoms. The third kappa shape index (κ3) is 6.01. The van der Waals surface area contributed by atoms with Gasteiger partial charge in [0.2, 0.25) is 0 Å². The molecular weight excluding hydrogens is 552 g/mol. The van der Waals surface area contributed by atoms with Crippen molar-refractivity contribution >= 4 is 34.8 Å². The highest BCUT2D eigenvalue weighted by molar-refractivity contribution is 5.92. The monoisotopic (exact) mass is 578 g/mol. The van der Waals surface area contributed by atoms with Crippen LogP contribution in [0.1, 0.15) is 16.1 Å². The number of para-hydroxylation sites is 2. The first kappa shape index (κ1) is 27.5. The van der Waals surface area contributed by atoms with E-state index >= 15 is 0 Å². The first-order valence-corrected chi connectivity index (χ1v) is 13.6. The van der Waals surface area contributed by atoms with Crippen molar-refractivity contribution in [3.63, 3.8) is 0 Å². The molecule has 2 amide bonds. The molecule has 0 saturated carbocycles. The van der Waals surface area contributed by atoms with Crippen LogP contribution < -0.4 is 5.63 Å². The molecule has 11 nitrogen and oxygen atoms in total. The molecular formula is C32H26N4O7. The summed E-state index contributed by atoms with van der Waals surface area (Å²) in [6.45, 7) is 0.871. The van der Waals surface area contributed by atoms with E-state index in [1.54, 1.807) is 51.0 Å². The quantitative estimate of drug-likeness (QED) is 0.162. The molecule has 0 spiro atoms. The molecule has 1 fully saturated rings. The van der Waals surface area contributed by atoms with Gasteiger partial charge in [-0.05, 0) is 42.5 Å². The number of carbonyl (C=O) groups is 3. The van der Waals surface area contributed by atoms with Gasteiger partial charge in [0, 0.05) is 49.4 Å². The fraction of sp³-hybridized carbons (Fsp3) is 0.156. The second-order valence-electron chi connectivity index (χ2n) is 9.79. The minimum Gasteiger partial charge on any atom is -0.459 e. The zero-order valence-corrected chi connectivity index (χ0v) is 22.9. The Morgan fingerprint density at radius 3 is 2.42 bits per heavy atom. The largest absolute Gasteiger partial charge is 0.459 e. The number of rotatable bonds is 7. The Labute approximate surface area is 245 Å². The van der Waals surface area contributed by atoms with Crippen LogP contribution in [-0.2, 0) is 14.3 Å². The van der Waals surface area contributed by atoms with Gasteiger partial charge in [0.15, 0.2) is 12.4 Å². The number of nitrogens with zero attached hydrogens (tertiary/aromatic N) is 4. The van der Waals surface area contributed by atoms with Crippen LogP contribution in [0, 0.1) is 0 Å². The van der Waals surface area contributed by atoms with Crippen LogP contribution in [0.3, 0.4) is 0 Å². The highest BCUT2D eigenvalue weighted by Crippen LogP contribution is 2.25. The number of hydrogen-bond donors (Lipinski definition) is 0. The van der Waals surface area contributed by atoms with Crippen LogP contribution in [-0.4, -0.2) is 70.1 Å². The zero-order chi connectivity index (χ0) is 29.8. The van der Waals surface area contributed by atoms with Crippen molar-refractivity contribution in [2.24, 2.45) is 0 Å². The molecule has 3 aromatic heterocycles. The second kappa shape index (κ2) is 12.0. The van der Waals surface area contributed by atoms with Gasteiger partial charge in [-0.15, -0.1) is 0 Å². The van der Waals surface area contributed by atoms with E-state index in [4.69, 9.17) is 13.6 Å². The molecule has 216 valence electrons. The Bertz CT molecular complexity index is 1860. The number of aromatic nitrogens is 2. The van der Waals surface area contributed by atoms with Crippen LogP contribution in [0.15, 0.2) is 105 Å². The molecule has 0 bridgehead atoms. The van der Waals surface area contributed by atoms with Crippen molar-refractivity contribution in [3.8, 4) is 16.9 Å². The molecule has 2 aromatic carbocycles. The van der Waals surface area contributed by atoms with Gasteiger partial charge in [0.1, 0.15) is 11.3 Å². The first-order chi connectivity index (χ1) is 21.0. The highest BCUT2D eigenvalue weighted by Gasteiger charge is 2.26. The van der Waals surface area contributed by atoms with Crippen molar-refractivity contribution in [1.82, 2.24) is 19.6 Å². The van der Waals surface area contributed by atoms with Gasteiger partial charge in [0.25, 0.3) is 11.8 Å². The van der Waals surface area contributed by atoms with Crippen LogP contribution >= 0.6 is 0 Å². The van der Waals surface area contributed by atoms with Crippen LogP contribution in [0.2, 0.25) is 0 Å². The number of fused-ring (bicyclic) bond motifs is 1. The predicted molar refractivity (Wildman–Crippen MR) is 156 cm³/mol. The number of hydrogen-bond acceptors (Lipinski definition) is 8. The van der Waals surface area contributed by atoms with Crippen molar-refractivity contribution < 1.29 is 28.0 Å². The number of amides is 2. The molecule has 1 saturated heterocycles. The van der Waals surface area contributed by atoms with E-state index in [-0.39, 0.29) is 23.1 Å². The molecule has 5 aromatic rings. The van der Waals surface area contributed by atoms with Gasteiger partial charge < -0.3 is 23.4 Å². The number of piperazine rings is 1. The van der Waals surface area contributed by atoms with E-state index < -0.39 is 18.2 Å². The normalized spacial score (nSPS) is 13.5. The van der Waals surface area contributed by atoms with Gasteiger partial charge in [-0.1, -0.05) is 36.4 Å². The zero-order valence-electron chi connectivity index (χ0n) is 22.9. The van der Waals surface area contributed by atoms with E-state index in [0.29, 0.717) is 43.0 Å². The topological polar surface area (TPSA) is 128 Å². The molecule has 6 rings (SSSR count). The summed E-state index contributed by atoms with van der Waals surface area (Å²) in [5.41, 5.74) is 1.69. The third-order valence-corrected chi connectivity index (χ3v) is 7.05. The maximum atomic E-state index is 12.9. The summed E-state index contributed by atoms with van der Waals surface area (Å²) in [7, 11) is 0. The lowest BCUT2D eigenvalue weighted by atomic mass is 10.1. The van der Waals surface area contributed by atoms with Crippen molar-refractivity contribution in [1.29, 1.82) is 0 Å². The minimum absolute atomic E-state index is 0.231. The minimum atomic E-state index is -0.732. The Morgan fingerprint density at radius 2 is 1.65 bits per heavy atom. The van der Waals surface area contributed by atoms with E-state index in [1.165, 1.54) is 18.4 Å². The van der Waals surface area contributed by atoms with Crippen LogP contribution in [0.4, 0.5) is 0 Å². The van der Waals surface area contributed by atoms with Gasteiger partial charge in [0.05, 0.1) is 17.5 Å². The summed E-state index contributed by atoms with van der Waals surface area (Å²) in [4.78, 5) is 53.8. The molecule has 0 radical (unpaired) electrons. The Kier molecular flexibility index (Phi) is 7.68. The predicted octanol–water partition coefficient (Wildman–Crippen LogP) is 3.78. The van der Waals surface area contributed by atoms with E-state index in [9.17, 15) is 19.2 Å². The number of carbonyl (C=O) groups excluding carboxylic acids is 3. The molecule has 4 heterocycles. The lowest BCUT2D eigenvalue weighted by Crippen LogP contribution is -2.51. The van der Waals surface area contributed by atoms with Gasteiger partial charge in [-0.2, -0.15) is 5.10 Å². The van der Waals surface area contributed by atoms with E-state index in [0.717, 1.165) is 11.1 Å². The number of ether oxygens (including phenoxy) is 1. The van der Waals surface area contributed by atoms with Crippen molar-refractivity contribution in [2.75, 3.05) is 32.8 Å². The van der Waals surface area contributed by atoms with Gasteiger partial charge in [-0.25, -0.2) is 14.3 Å². The van der Waals surface area contributed by atoms with Gasteiger partial charge in [-0.3, -0.25) is 9.59 Å².